The van der Waals surface area contributed by atoms with E-state index in [9.17, 15) is 14.5 Å². The van der Waals surface area contributed by atoms with Gasteiger partial charge in [-0.15, -0.1) is 0 Å². The van der Waals surface area contributed by atoms with Gasteiger partial charge in [0, 0.05) is 30.1 Å². The topological polar surface area (TPSA) is 60.1 Å². The third-order valence-electron chi connectivity index (χ3n) is 3.31. The highest BCUT2D eigenvalue weighted by Crippen LogP contribution is 2.21. The lowest BCUT2D eigenvalue weighted by Gasteiger charge is -2.08. The average Bonchev–Trinajstić information content (AvgIpc) is 2.88. The van der Waals surface area contributed by atoms with Gasteiger partial charge in [-0.1, -0.05) is 12.1 Å². The van der Waals surface area contributed by atoms with Crippen LogP contribution in [-0.4, -0.2) is 16.5 Å². The van der Waals surface area contributed by atoms with Crippen molar-refractivity contribution in [2.45, 2.75) is 19.5 Å². The van der Waals surface area contributed by atoms with E-state index in [1.165, 1.54) is 12.1 Å². The average molecular weight is 277 g/mol. The van der Waals surface area contributed by atoms with Crippen LogP contribution in [0.4, 0.5) is 10.1 Å². The maximum absolute atomic E-state index is 14.0. The lowest BCUT2D eigenvalue weighted by atomic mass is 10.2. The monoisotopic (exact) mass is 277 g/mol. The maximum atomic E-state index is 14.0. The fourth-order valence-corrected chi connectivity index (χ4v) is 2.01. The van der Waals surface area contributed by atoms with E-state index in [4.69, 9.17) is 0 Å². The van der Waals surface area contributed by atoms with E-state index in [0.717, 1.165) is 5.56 Å². The molecule has 0 bridgehead atoms. The van der Waals surface area contributed by atoms with Gasteiger partial charge >= 0.3 is 5.69 Å². The van der Waals surface area contributed by atoms with E-state index >= 15 is 0 Å². The van der Waals surface area contributed by atoms with Gasteiger partial charge in [0.25, 0.3) is 0 Å². The minimum Gasteiger partial charge on any atom is -0.349 e. The van der Waals surface area contributed by atoms with Gasteiger partial charge in [0.15, 0.2) is 0 Å². The highest BCUT2D eigenvalue weighted by Gasteiger charge is 2.17. The first kappa shape index (κ1) is 14.2. The van der Waals surface area contributed by atoms with Crippen molar-refractivity contribution in [1.29, 1.82) is 0 Å². The normalized spacial score (nSPS) is 12.3. The predicted molar refractivity (Wildman–Crippen MR) is 74.1 cm³/mol. The van der Waals surface area contributed by atoms with Crippen LogP contribution in [-0.2, 0) is 6.54 Å². The Kier molecular flexibility index (Phi) is 4.14. The van der Waals surface area contributed by atoms with Gasteiger partial charge in [-0.25, -0.2) is 0 Å². The first-order valence-corrected chi connectivity index (χ1v) is 6.27. The second-order valence-electron chi connectivity index (χ2n) is 4.63. The molecule has 0 fully saturated rings. The lowest BCUT2D eigenvalue weighted by molar-refractivity contribution is -0.387. The Labute approximate surface area is 116 Å². The van der Waals surface area contributed by atoms with E-state index in [1.54, 1.807) is 6.07 Å². The van der Waals surface area contributed by atoms with Crippen molar-refractivity contribution in [2.75, 3.05) is 7.05 Å². The molecule has 1 atom stereocenters. The number of nitrogens with one attached hydrogen (secondary N) is 1. The minimum atomic E-state index is -0.769. The molecule has 0 spiro atoms. The number of nitrogens with zero attached hydrogens (tertiary/aromatic N) is 2. The summed E-state index contributed by atoms with van der Waals surface area (Å²) in [5, 5.41) is 13.8. The van der Waals surface area contributed by atoms with Crippen molar-refractivity contribution in [3.63, 3.8) is 0 Å². The number of hydrogen-bond donors (Lipinski definition) is 1. The predicted octanol–water partition coefficient (Wildman–Crippen LogP) is 2.86. The highest BCUT2D eigenvalue weighted by molar-refractivity contribution is 5.37. The van der Waals surface area contributed by atoms with Crippen molar-refractivity contribution >= 4 is 5.69 Å². The first-order chi connectivity index (χ1) is 9.52. The molecule has 1 heterocycles. The maximum Gasteiger partial charge on any atom is 0.305 e. The van der Waals surface area contributed by atoms with Gasteiger partial charge in [-0.3, -0.25) is 10.1 Å². The lowest BCUT2D eigenvalue weighted by Crippen LogP contribution is -2.11. The zero-order valence-corrected chi connectivity index (χ0v) is 11.3. The van der Waals surface area contributed by atoms with Crippen LogP contribution >= 0.6 is 0 Å². The molecule has 20 heavy (non-hydrogen) atoms. The molecule has 0 saturated carbocycles. The number of hydrogen-bond acceptors (Lipinski definition) is 3. The number of benzene rings is 1. The molecule has 1 unspecified atom stereocenters. The summed E-state index contributed by atoms with van der Waals surface area (Å²) in [7, 11) is 1.86. The van der Waals surface area contributed by atoms with E-state index < -0.39 is 16.4 Å². The van der Waals surface area contributed by atoms with Crippen LogP contribution < -0.4 is 5.32 Å². The van der Waals surface area contributed by atoms with Gasteiger partial charge in [0.1, 0.15) is 0 Å². The number of halogens is 1. The summed E-state index contributed by atoms with van der Waals surface area (Å²) >= 11 is 0. The molecule has 0 aliphatic rings. The van der Waals surface area contributed by atoms with Crippen molar-refractivity contribution in [3.05, 3.63) is 63.7 Å². The zero-order chi connectivity index (χ0) is 14.7. The molecule has 0 amide bonds. The van der Waals surface area contributed by atoms with Crippen molar-refractivity contribution < 1.29 is 9.31 Å². The summed E-state index contributed by atoms with van der Waals surface area (Å²) in [4.78, 5) is 10.0. The number of rotatable bonds is 5. The van der Waals surface area contributed by atoms with Gasteiger partial charge in [0.05, 0.1) is 11.5 Å². The Bertz CT molecular complexity index is 625. The van der Waals surface area contributed by atoms with Gasteiger partial charge in [-0.05, 0) is 25.6 Å². The van der Waals surface area contributed by atoms with Gasteiger partial charge in [0.2, 0.25) is 5.82 Å². The Morgan fingerprint density at radius 2 is 2.20 bits per heavy atom. The summed E-state index contributed by atoms with van der Waals surface area (Å²) in [5.41, 5.74) is 0.898. The fourth-order valence-electron chi connectivity index (χ4n) is 2.01. The number of nitro benzene ring substituents is 1. The molecule has 5 nitrogen and oxygen atoms in total. The largest absolute Gasteiger partial charge is 0.349 e. The van der Waals surface area contributed by atoms with Crippen molar-refractivity contribution in [1.82, 2.24) is 9.88 Å². The zero-order valence-electron chi connectivity index (χ0n) is 11.3. The third-order valence-corrected chi connectivity index (χ3v) is 3.31. The van der Waals surface area contributed by atoms with Crippen LogP contribution in [0.25, 0.3) is 0 Å². The number of nitro groups is 1. The SMILES string of the molecule is CNC(C)c1ccn(Cc2cccc([N+](=O)[O-])c2F)c1. The van der Waals surface area contributed by atoms with Crippen molar-refractivity contribution in [2.24, 2.45) is 0 Å². The quantitative estimate of drug-likeness (QED) is 0.675. The van der Waals surface area contributed by atoms with Gasteiger partial charge < -0.3 is 9.88 Å². The van der Waals surface area contributed by atoms with Crippen LogP contribution in [0.15, 0.2) is 36.7 Å². The minimum absolute atomic E-state index is 0.200. The Hall–Kier alpha value is -2.21. The molecule has 1 aromatic carbocycles. The van der Waals surface area contributed by atoms with E-state index in [1.807, 2.05) is 37.0 Å². The molecule has 0 radical (unpaired) electrons. The molecule has 0 saturated heterocycles. The first-order valence-electron chi connectivity index (χ1n) is 6.27. The Morgan fingerprint density at radius 3 is 2.85 bits per heavy atom. The summed E-state index contributed by atoms with van der Waals surface area (Å²) < 4.78 is 15.8. The van der Waals surface area contributed by atoms with Crippen molar-refractivity contribution in [3.8, 4) is 0 Å². The summed E-state index contributed by atoms with van der Waals surface area (Å²) in [5.74, 6) is -0.769. The second kappa shape index (κ2) is 5.83. The molecule has 0 aliphatic heterocycles. The van der Waals surface area contributed by atoms with E-state index in [-0.39, 0.29) is 12.6 Å². The van der Waals surface area contributed by atoms with Crippen LogP contribution in [0.2, 0.25) is 0 Å². The molecule has 1 N–H and O–H groups in total. The molecule has 1 aromatic heterocycles. The molecule has 2 aromatic rings. The molecular weight excluding hydrogens is 261 g/mol. The second-order valence-corrected chi connectivity index (χ2v) is 4.63. The van der Waals surface area contributed by atoms with Crippen LogP contribution in [0.5, 0.6) is 0 Å². The van der Waals surface area contributed by atoms with Crippen LogP contribution in [0.1, 0.15) is 24.1 Å². The molecule has 106 valence electrons. The summed E-state index contributed by atoms with van der Waals surface area (Å²) in [6, 6.07) is 6.37. The molecule has 6 heteroatoms. The number of aromatic nitrogens is 1. The summed E-state index contributed by atoms with van der Waals surface area (Å²) in [6.07, 6.45) is 3.74. The van der Waals surface area contributed by atoms with Crippen LogP contribution in [0, 0.1) is 15.9 Å². The third kappa shape index (κ3) is 2.85. The van der Waals surface area contributed by atoms with Crippen LogP contribution in [0.3, 0.4) is 0 Å². The van der Waals surface area contributed by atoms with Gasteiger partial charge in [-0.2, -0.15) is 4.39 Å². The Balaban J connectivity index is 2.24. The summed E-state index contributed by atoms with van der Waals surface area (Å²) in [6.45, 7) is 2.29. The van der Waals surface area contributed by atoms with E-state index in [0.29, 0.717) is 5.56 Å². The molecular formula is C14H16FN3O2. The standard InChI is InChI=1S/C14H16FN3O2/c1-10(16-2)11-6-7-17(8-11)9-12-4-3-5-13(14(12)15)18(19)20/h3-8,10,16H,9H2,1-2H3. The van der Waals surface area contributed by atoms with E-state index in [2.05, 4.69) is 5.32 Å². The smallest absolute Gasteiger partial charge is 0.305 e. The fraction of sp³-hybridized carbons (Fsp3) is 0.286. The molecule has 2 rings (SSSR count). The highest BCUT2D eigenvalue weighted by atomic mass is 19.1. The molecule has 0 aliphatic carbocycles. The Morgan fingerprint density at radius 1 is 1.45 bits per heavy atom.